The zero-order valence-electron chi connectivity index (χ0n) is 4.09. The second-order valence-corrected chi connectivity index (χ2v) is 4.84. The Morgan fingerprint density at radius 1 is 1.43 bits per heavy atom. The maximum absolute atomic E-state index is 4.15. The van der Waals surface area contributed by atoms with Crippen molar-refractivity contribution in [3.05, 3.63) is 0 Å². The van der Waals surface area contributed by atoms with Crippen LogP contribution in [0.25, 0.3) is 0 Å². The number of hydrogen-bond donors (Lipinski definition) is 1. The average molecular weight is 247 g/mol. The first-order chi connectivity index (χ1) is 3.41. The standard InChI is InChI=1S/C4H10SSe2/c5-7-4-2-1-3-6/h5-6H,1-4H2/p-1. The molecule has 0 aromatic rings. The molecule has 0 amide bonds. The van der Waals surface area contributed by atoms with Crippen molar-refractivity contribution in [2.75, 3.05) is 0 Å². The zero-order valence-corrected chi connectivity index (χ0v) is 8.41. The molecule has 0 radical (unpaired) electrons. The monoisotopic (exact) mass is 249 g/mol. The third kappa shape index (κ3) is 7.39. The molecule has 0 fully saturated rings. The summed E-state index contributed by atoms with van der Waals surface area (Å²) >= 11 is 7.74. The summed E-state index contributed by atoms with van der Waals surface area (Å²) in [5.74, 6) is 0. The third-order valence-electron chi connectivity index (χ3n) is 0.630. The van der Waals surface area contributed by atoms with Crippen LogP contribution < -0.4 is 0 Å². The fraction of sp³-hybridized carbons (Fsp3) is 1.00. The SMILES string of the molecule is S[Se]CCCC[Se-]. The molecule has 0 aromatic heterocycles. The van der Waals surface area contributed by atoms with Crippen molar-refractivity contribution in [2.45, 2.75) is 23.5 Å². The number of thiol groups is 1. The van der Waals surface area contributed by atoms with Crippen LogP contribution in [0.3, 0.4) is 0 Å². The van der Waals surface area contributed by atoms with Gasteiger partial charge in [0.25, 0.3) is 0 Å². The van der Waals surface area contributed by atoms with E-state index in [1.165, 1.54) is 23.5 Å². The summed E-state index contributed by atoms with van der Waals surface area (Å²) in [6.07, 6.45) is 2.69. The molecule has 0 unspecified atom stereocenters. The minimum absolute atomic E-state index is 0.606. The quantitative estimate of drug-likeness (QED) is 0.432. The van der Waals surface area contributed by atoms with Gasteiger partial charge in [0.15, 0.2) is 0 Å². The molecule has 0 heterocycles. The molecule has 0 aromatic carbocycles. The predicted molar refractivity (Wildman–Crippen MR) is 39.3 cm³/mol. The van der Waals surface area contributed by atoms with Gasteiger partial charge in [0.1, 0.15) is 0 Å². The van der Waals surface area contributed by atoms with Crippen molar-refractivity contribution in [3.8, 4) is 0 Å². The second-order valence-electron chi connectivity index (χ2n) is 1.24. The van der Waals surface area contributed by atoms with Gasteiger partial charge in [0.2, 0.25) is 0 Å². The Morgan fingerprint density at radius 3 is 2.57 bits per heavy atom. The first-order valence-electron chi connectivity index (χ1n) is 2.26. The molecule has 0 aliphatic heterocycles. The van der Waals surface area contributed by atoms with Crippen molar-refractivity contribution in [3.63, 3.8) is 0 Å². The topological polar surface area (TPSA) is 0 Å². The van der Waals surface area contributed by atoms with E-state index in [1.807, 2.05) is 0 Å². The van der Waals surface area contributed by atoms with Crippen LogP contribution in [0.4, 0.5) is 0 Å². The van der Waals surface area contributed by atoms with E-state index in [9.17, 15) is 0 Å². The summed E-state index contributed by atoms with van der Waals surface area (Å²) in [5, 5.41) is 2.54. The van der Waals surface area contributed by atoms with Crippen LogP contribution in [0.1, 0.15) is 12.8 Å². The summed E-state index contributed by atoms with van der Waals surface area (Å²) in [6.45, 7) is 0. The van der Waals surface area contributed by atoms with Crippen LogP contribution >= 0.6 is 11.0 Å². The molecule has 0 saturated carbocycles. The number of unbranched alkanes of at least 4 members (excludes halogenated alkanes) is 1. The van der Waals surface area contributed by atoms with E-state index in [1.54, 1.807) is 0 Å². The van der Waals surface area contributed by atoms with E-state index in [-0.39, 0.29) is 0 Å². The van der Waals surface area contributed by atoms with Gasteiger partial charge in [-0.1, -0.05) is 0 Å². The second kappa shape index (κ2) is 7.39. The Labute approximate surface area is 64.3 Å². The normalized spacial score (nSPS) is 9.43. The third-order valence-corrected chi connectivity index (χ3v) is 3.17. The molecule has 44 valence electrons. The minimum atomic E-state index is 0.606. The van der Waals surface area contributed by atoms with Crippen LogP contribution in [0.15, 0.2) is 0 Å². The van der Waals surface area contributed by atoms with E-state index >= 15 is 0 Å². The molecule has 7 heavy (non-hydrogen) atoms. The molecule has 0 atom stereocenters. The van der Waals surface area contributed by atoms with Gasteiger partial charge in [-0.3, -0.25) is 0 Å². The molecular formula is C4H9SSe2-. The molecule has 0 saturated heterocycles. The number of rotatable bonds is 4. The zero-order chi connectivity index (χ0) is 5.54. The molecule has 0 spiro atoms. The van der Waals surface area contributed by atoms with Gasteiger partial charge in [0, 0.05) is 0 Å². The van der Waals surface area contributed by atoms with Gasteiger partial charge >= 0.3 is 64.4 Å². The first kappa shape index (κ1) is 8.39. The Hall–Kier alpha value is 1.39. The van der Waals surface area contributed by atoms with Crippen LogP contribution in [0, 0.1) is 0 Å². The van der Waals surface area contributed by atoms with E-state index in [0.29, 0.717) is 13.8 Å². The van der Waals surface area contributed by atoms with Crippen LogP contribution in [0.5, 0.6) is 0 Å². The summed E-state index contributed by atoms with van der Waals surface area (Å²) in [7, 11) is 0. The summed E-state index contributed by atoms with van der Waals surface area (Å²) in [6, 6.07) is 0. The fourth-order valence-electron chi connectivity index (χ4n) is 0.269. The van der Waals surface area contributed by atoms with E-state index in [4.69, 9.17) is 0 Å². The predicted octanol–water partition coefficient (Wildman–Crippen LogP) is 1.32. The molecule has 3 heteroatoms. The van der Waals surface area contributed by atoms with Crippen LogP contribution in [-0.4, -0.2) is 29.8 Å². The Morgan fingerprint density at radius 2 is 2.14 bits per heavy atom. The molecule has 0 bridgehead atoms. The van der Waals surface area contributed by atoms with Gasteiger partial charge < -0.3 is 0 Å². The van der Waals surface area contributed by atoms with Crippen molar-refractivity contribution in [1.29, 1.82) is 0 Å². The summed E-state index contributed by atoms with van der Waals surface area (Å²) in [4.78, 5) is 0. The molecule has 0 N–H and O–H groups in total. The first-order valence-corrected chi connectivity index (χ1v) is 7.35. The molecular weight excluding hydrogens is 238 g/mol. The fourth-order valence-corrected chi connectivity index (χ4v) is 2.07. The van der Waals surface area contributed by atoms with E-state index < -0.39 is 0 Å². The molecule has 0 aliphatic carbocycles. The van der Waals surface area contributed by atoms with Crippen molar-refractivity contribution >= 4 is 40.9 Å². The maximum atomic E-state index is 4.15. The van der Waals surface area contributed by atoms with Crippen molar-refractivity contribution in [1.82, 2.24) is 0 Å². The van der Waals surface area contributed by atoms with Gasteiger partial charge in [-0.15, -0.1) is 0 Å². The number of hydrogen-bond acceptors (Lipinski definition) is 1. The van der Waals surface area contributed by atoms with Crippen molar-refractivity contribution in [2.24, 2.45) is 0 Å². The Kier molecular flexibility index (Phi) is 8.86. The summed E-state index contributed by atoms with van der Waals surface area (Å²) < 4.78 is 0. The van der Waals surface area contributed by atoms with E-state index in [0.717, 1.165) is 0 Å². The van der Waals surface area contributed by atoms with Crippen LogP contribution in [0.2, 0.25) is 10.6 Å². The van der Waals surface area contributed by atoms with Gasteiger partial charge in [-0.2, -0.15) is 0 Å². The Bertz CT molecular complexity index is 28.9. The summed E-state index contributed by atoms with van der Waals surface area (Å²) in [5.41, 5.74) is 0. The molecule has 0 rings (SSSR count). The molecule has 0 aliphatic rings. The Balaban J connectivity index is 2.45. The van der Waals surface area contributed by atoms with Gasteiger partial charge in [-0.25, -0.2) is 0 Å². The van der Waals surface area contributed by atoms with Gasteiger partial charge in [-0.05, 0) is 0 Å². The van der Waals surface area contributed by atoms with E-state index in [2.05, 4.69) is 27.1 Å². The average Bonchev–Trinajstić information content (AvgIpc) is 1.69. The molecule has 0 nitrogen and oxygen atoms in total. The van der Waals surface area contributed by atoms with Gasteiger partial charge in [0.05, 0.1) is 0 Å². The van der Waals surface area contributed by atoms with Crippen LogP contribution in [-0.2, 0) is 0 Å². The van der Waals surface area contributed by atoms with Crippen molar-refractivity contribution < 1.29 is 0 Å².